The Morgan fingerprint density at radius 1 is 1.44 bits per heavy atom. The molecule has 0 aliphatic heterocycles. The first-order valence-corrected chi connectivity index (χ1v) is 3.79. The molecule has 0 bridgehead atoms. The van der Waals surface area contributed by atoms with E-state index in [0.29, 0.717) is 0 Å². The van der Waals surface area contributed by atoms with Crippen LogP contribution in [0, 0.1) is 0 Å². The molecule has 0 atom stereocenters. The van der Waals surface area contributed by atoms with Gasteiger partial charge in [-0.25, -0.2) is 0 Å². The molecule has 1 aromatic carbocycles. The van der Waals surface area contributed by atoms with Crippen LogP contribution in [0.3, 0.4) is 0 Å². The molecule has 0 fully saturated rings. The van der Waals surface area contributed by atoms with Crippen molar-refractivity contribution in [2.24, 2.45) is 0 Å². The summed E-state index contributed by atoms with van der Waals surface area (Å²) in [4.78, 5) is 0. The highest BCUT2D eigenvalue weighted by Gasteiger charge is 1.92. The standard InChI is InChI=1S/C6H5BBrCl/c7-5-3-4(9)1-2-6(5)8/h1-3H,7H2. The fourth-order valence-electron chi connectivity index (χ4n) is 0.608. The van der Waals surface area contributed by atoms with Gasteiger partial charge in [-0.3, -0.25) is 0 Å². The molecule has 0 N–H and O–H groups in total. The number of hydrogen-bond acceptors (Lipinski definition) is 0. The number of rotatable bonds is 0. The Labute approximate surface area is 68.8 Å². The minimum Gasteiger partial charge on any atom is -0.0844 e. The molecule has 0 aliphatic rings. The summed E-state index contributed by atoms with van der Waals surface area (Å²) in [5.74, 6) is 0. The van der Waals surface area contributed by atoms with Gasteiger partial charge < -0.3 is 0 Å². The molecule has 0 aromatic heterocycles. The van der Waals surface area contributed by atoms with Gasteiger partial charge in [0.15, 0.2) is 0 Å². The highest BCUT2D eigenvalue weighted by Crippen LogP contribution is 2.10. The van der Waals surface area contributed by atoms with E-state index in [1.54, 1.807) is 0 Å². The summed E-state index contributed by atoms with van der Waals surface area (Å²) >= 11 is 9.07. The first-order valence-electron chi connectivity index (χ1n) is 2.62. The van der Waals surface area contributed by atoms with Gasteiger partial charge in [0.25, 0.3) is 0 Å². The minimum atomic E-state index is 0.788. The fraction of sp³-hybridized carbons (Fsp3) is 0. The molecule has 46 valence electrons. The van der Waals surface area contributed by atoms with Gasteiger partial charge in [-0.15, -0.1) is 0 Å². The first-order chi connectivity index (χ1) is 4.20. The van der Waals surface area contributed by atoms with E-state index in [9.17, 15) is 0 Å². The molecule has 0 amide bonds. The monoisotopic (exact) mass is 202 g/mol. The number of benzene rings is 1. The molecule has 0 spiro atoms. The van der Waals surface area contributed by atoms with Crippen molar-refractivity contribution >= 4 is 40.8 Å². The van der Waals surface area contributed by atoms with Crippen LogP contribution in [0.5, 0.6) is 0 Å². The SMILES string of the molecule is Bc1cc(Cl)ccc1Br. The molecule has 0 saturated heterocycles. The van der Waals surface area contributed by atoms with Crippen molar-refractivity contribution in [3.63, 3.8) is 0 Å². The van der Waals surface area contributed by atoms with Crippen molar-refractivity contribution in [3.05, 3.63) is 27.7 Å². The average molecular weight is 203 g/mol. The van der Waals surface area contributed by atoms with E-state index in [-0.39, 0.29) is 0 Å². The van der Waals surface area contributed by atoms with Crippen LogP contribution in [0.15, 0.2) is 22.7 Å². The van der Waals surface area contributed by atoms with E-state index in [2.05, 4.69) is 15.9 Å². The predicted octanol–water partition coefficient (Wildman–Crippen LogP) is 1.36. The van der Waals surface area contributed by atoms with Crippen molar-refractivity contribution in [1.82, 2.24) is 0 Å². The zero-order chi connectivity index (χ0) is 6.85. The normalized spacial score (nSPS) is 9.56. The van der Waals surface area contributed by atoms with Gasteiger partial charge in [-0.2, -0.15) is 0 Å². The highest BCUT2D eigenvalue weighted by molar-refractivity contribution is 9.10. The van der Waals surface area contributed by atoms with Gasteiger partial charge in [0, 0.05) is 9.50 Å². The largest absolute Gasteiger partial charge is 0.140 e. The second kappa shape index (κ2) is 2.76. The Morgan fingerprint density at radius 2 is 2.11 bits per heavy atom. The van der Waals surface area contributed by atoms with Crippen molar-refractivity contribution in [2.45, 2.75) is 0 Å². The lowest BCUT2D eigenvalue weighted by Gasteiger charge is -1.95. The Kier molecular flexibility index (Phi) is 2.20. The van der Waals surface area contributed by atoms with E-state index < -0.39 is 0 Å². The van der Waals surface area contributed by atoms with E-state index in [1.165, 1.54) is 5.46 Å². The maximum atomic E-state index is 5.70. The number of halogens is 2. The smallest absolute Gasteiger partial charge is 0.0844 e. The van der Waals surface area contributed by atoms with Gasteiger partial charge in [0.2, 0.25) is 0 Å². The third-order valence-electron chi connectivity index (χ3n) is 1.12. The molecule has 0 heterocycles. The van der Waals surface area contributed by atoms with Gasteiger partial charge in [-0.05, 0) is 18.2 Å². The van der Waals surface area contributed by atoms with Crippen LogP contribution in [0.2, 0.25) is 5.02 Å². The Balaban J connectivity index is 3.17. The lowest BCUT2D eigenvalue weighted by Crippen LogP contribution is -2.02. The van der Waals surface area contributed by atoms with E-state index in [4.69, 9.17) is 11.6 Å². The summed E-state index contributed by atoms with van der Waals surface area (Å²) in [6.07, 6.45) is 0. The lowest BCUT2D eigenvalue weighted by molar-refractivity contribution is 1.71. The van der Waals surface area contributed by atoms with Crippen LogP contribution in [-0.4, -0.2) is 7.85 Å². The third-order valence-corrected chi connectivity index (χ3v) is 2.24. The minimum absolute atomic E-state index is 0.788. The van der Waals surface area contributed by atoms with Gasteiger partial charge in [0.1, 0.15) is 7.85 Å². The highest BCUT2D eigenvalue weighted by atomic mass is 79.9. The molecule has 0 aliphatic carbocycles. The van der Waals surface area contributed by atoms with Crippen LogP contribution in [0.4, 0.5) is 0 Å². The van der Waals surface area contributed by atoms with Gasteiger partial charge in [-0.1, -0.05) is 33.0 Å². The summed E-state index contributed by atoms with van der Waals surface area (Å²) < 4.78 is 1.10. The molecule has 0 unspecified atom stereocenters. The van der Waals surface area contributed by atoms with Crippen molar-refractivity contribution in [1.29, 1.82) is 0 Å². The predicted molar refractivity (Wildman–Crippen MR) is 47.3 cm³/mol. The Hall–Kier alpha value is 0.0549. The molecule has 9 heavy (non-hydrogen) atoms. The topological polar surface area (TPSA) is 0 Å². The zero-order valence-electron chi connectivity index (χ0n) is 4.99. The van der Waals surface area contributed by atoms with Gasteiger partial charge in [0.05, 0.1) is 0 Å². The van der Waals surface area contributed by atoms with Gasteiger partial charge >= 0.3 is 0 Å². The second-order valence-corrected chi connectivity index (χ2v) is 3.18. The molecular formula is C6H5BBrCl. The molecule has 0 radical (unpaired) electrons. The first kappa shape index (κ1) is 7.17. The second-order valence-electron chi connectivity index (χ2n) is 1.89. The van der Waals surface area contributed by atoms with Crippen LogP contribution in [-0.2, 0) is 0 Å². The Bertz CT molecular complexity index is 224. The number of hydrogen-bond donors (Lipinski definition) is 0. The molecule has 1 aromatic rings. The van der Waals surface area contributed by atoms with E-state index >= 15 is 0 Å². The quantitative estimate of drug-likeness (QED) is 0.559. The van der Waals surface area contributed by atoms with Crippen molar-refractivity contribution < 1.29 is 0 Å². The molecule has 0 nitrogen and oxygen atoms in total. The fourth-order valence-corrected chi connectivity index (χ4v) is 1.08. The van der Waals surface area contributed by atoms with Crippen molar-refractivity contribution in [3.8, 4) is 0 Å². The maximum absolute atomic E-state index is 5.70. The Morgan fingerprint density at radius 3 is 2.56 bits per heavy atom. The summed E-state index contributed by atoms with van der Waals surface area (Å²) in [5, 5.41) is 0.788. The van der Waals surface area contributed by atoms with Crippen molar-refractivity contribution in [2.75, 3.05) is 0 Å². The summed E-state index contributed by atoms with van der Waals surface area (Å²) in [6, 6.07) is 5.72. The molecular weight excluding hydrogens is 198 g/mol. The summed E-state index contributed by atoms with van der Waals surface area (Å²) in [7, 11) is 2.01. The lowest BCUT2D eigenvalue weighted by atomic mass is 9.97. The van der Waals surface area contributed by atoms with Crippen LogP contribution in [0.25, 0.3) is 0 Å². The molecule has 3 heteroatoms. The van der Waals surface area contributed by atoms with Crippen LogP contribution in [0.1, 0.15) is 0 Å². The molecule has 0 saturated carbocycles. The van der Waals surface area contributed by atoms with Crippen LogP contribution < -0.4 is 5.46 Å². The van der Waals surface area contributed by atoms with E-state index in [1.807, 2.05) is 26.0 Å². The summed E-state index contributed by atoms with van der Waals surface area (Å²) in [6.45, 7) is 0. The average Bonchev–Trinajstić information content (AvgIpc) is 1.80. The van der Waals surface area contributed by atoms with Crippen LogP contribution >= 0.6 is 27.5 Å². The summed E-state index contributed by atoms with van der Waals surface area (Å²) in [5.41, 5.74) is 1.17. The third kappa shape index (κ3) is 1.73. The zero-order valence-corrected chi connectivity index (χ0v) is 7.33. The maximum Gasteiger partial charge on any atom is 0.140 e. The van der Waals surface area contributed by atoms with E-state index in [0.717, 1.165) is 9.50 Å². The molecule has 1 rings (SSSR count).